The summed E-state index contributed by atoms with van der Waals surface area (Å²) in [5, 5.41) is 0. The minimum atomic E-state index is 0. The van der Waals surface area contributed by atoms with Gasteiger partial charge in [0.05, 0.1) is 0 Å². The summed E-state index contributed by atoms with van der Waals surface area (Å²) in [4.78, 5) is 0. The number of nitrogens with one attached hydrogen (secondary N) is 1. The van der Waals surface area contributed by atoms with Crippen LogP contribution in [0.4, 0.5) is 0 Å². The smallest absolute Gasteiger partial charge is 0 e. The Hall–Kier alpha value is 1.01. The second kappa shape index (κ2) is 4.85. The van der Waals surface area contributed by atoms with Crippen LogP contribution in [-0.4, -0.2) is 6.54 Å². The Bertz CT molecular complexity index is 46.5. The Morgan fingerprint density at radius 3 is 1.75 bits per heavy atom. The molecule has 0 saturated heterocycles. The molecule has 0 fully saturated rings. The Balaban J connectivity index is 0. The molecule has 8 heavy (non-hydrogen) atoms. The predicted molar refractivity (Wildman–Crippen MR) is 33.3 cm³/mol. The molecule has 0 aromatic rings. The normalized spacial score (nSPS) is 10.5. The van der Waals surface area contributed by atoms with Gasteiger partial charge in [-0.3, -0.25) is 0 Å². The van der Waals surface area contributed by atoms with E-state index in [-0.39, 0.29) is 36.5 Å². The second-order valence-corrected chi connectivity index (χ2v) is 2.69. The average molecular weight is 338 g/mol. The molecule has 0 aliphatic rings. The Morgan fingerprint density at radius 2 is 1.75 bits per heavy atom. The van der Waals surface area contributed by atoms with Gasteiger partial charge in [-0.1, -0.05) is 32.6 Å². The maximum absolute atomic E-state index is 7.01. The molecule has 0 atom stereocenters. The zero-order valence-electron chi connectivity index (χ0n) is 5.91. The molecule has 0 aliphatic heterocycles. The van der Waals surface area contributed by atoms with Gasteiger partial charge in [-0.2, -0.15) is 0 Å². The topological polar surface area (TPSA) is 23.8 Å². The third kappa shape index (κ3) is 5.15. The van der Waals surface area contributed by atoms with Gasteiger partial charge in [0.1, 0.15) is 0 Å². The Kier molecular flexibility index (Phi) is 7.13. The van der Waals surface area contributed by atoms with E-state index in [4.69, 9.17) is 5.73 Å². The van der Waals surface area contributed by atoms with Crippen molar-refractivity contribution < 1.29 is 31.1 Å². The quantitative estimate of drug-likeness (QED) is 0.739. The van der Waals surface area contributed by atoms with Crippen molar-refractivity contribution in [3.63, 3.8) is 0 Å². The minimum absolute atomic E-state index is 0. The van der Waals surface area contributed by atoms with Crippen LogP contribution in [0.15, 0.2) is 0 Å². The first-order valence-electron chi connectivity index (χ1n) is 2.77. The average Bonchev–Trinajstić information content (AvgIpc) is 1.68. The number of rotatable bonds is 2. The van der Waals surface area contributed by atoms with Crippen LogP contribution < -0.4 is 0 Å². The summed E-state index contributed by atoms with van der Waals surface area (Å²) in [7, 11) is 0. The van der Waals surface area contributed by atoms with E-state index in [0.29, 0.717) is 6.54 Å². The Labute approximate surface area is 75.8 Å². The predicted octanol–water partition coefficient (Wildman–Crippen LogP) is 2.47. The van der Waals surface area contributed by atoms with Gasteiger partial charge < -0.3 is 5.73 Å². The van der Waals surface area contributed by atoms with E-state index in [1.165, 1.54) is 0 Å². The molecule has 0 unspecified atom stereocenters. The van der Waals surface area contributed by atoms with Crippen LogP contribution in [0.3, 0.4) is 0 Å². The van der Waals surface area contributed by atoms with Crippen molar-refractivity contribution >= 4 is 0 Å². The summed E-state index contributed by atoms with van der Waals surface area (Å²) < 4.78 is 0. The molecule has 0 heterocycles. The van der Waals surface area contributed by atoms with Crippen LogP contribution in [0.25, 0.3) is 5.73 Å². The third-order valence-electron chi connectivity index (χ3n) is 1.44. The molecule has 0 rings (SSSR count). The molecule has 0 radical (unpaired) electrons. The van der Waals surface area contributed by atoms with Crippen molar-refractivity contribution in [2.24, 2.45) is 5.41 Å². The van der Waals surface area contributed by atoms with Gasteiger partial charge in [-0.15, -0.1) is 6.54 Å². The van der Waals surface area contributed by atoms with Crippen molar-refractivity contribution in [3.8, 4) is 0 Å². The molecule has 48 valence electrons. The summed E-state index contributed by atoms with van der Waals surface area (Å²) in [6, 6.07) is 0. The van der Waals surface area contributed by atoms with Crippen LogP contribution >= 0.6 is 0 Å². The summed E-state index contributed by atoms with van der Waals surface area (Å²) in [5.74, 6) is 0. The summed E-state index contributed by atoms with van der Waals surface area (Å²) in [6.07, 6.45) is 1.11. The van der Waals surface area contributed by atoms with Gasteiger partial charge in [0.25, 0.3) is 0 Å². The second-order valence-electron chi connectivity index (χ2n) is 2.69. The molecular formula is C6H14NU-. The van der Waals surface area contributed by atoms with Crippen molar-refractivity contribution in [2.45, 2.75) is 27.2 Å². The zero-order chi connectivity index (χ0) is 5.91. The van der Waals surface area contributed by atoms with Crippen LogP contribution in [0.5, 0.6) is 0 Å². The van der Waals surface area contributed by atoms with E-state index in [1.807, 2.05) is 0 Å². The molecular weight excluding hydrogens is 324 g/mol. The van der Waals surface area contributed by atoms with Gasteiger partial charge in [-0.05, 0) is 0 Å². The molecule has 0 aromatic heterocycles. The van der Waals surface area contributed by atoms with Gasteiger partial charge in [0.15, 0.2) is 0 Å². The van der Waals surface area contributed by atoms with Crippen molar-refractivity contribution in [3.05, 3.63) is 5.73 Å². The van der Waals surface area contributed by atoms with Crippen molar-refractivity contribution in [2.75, 3.05) is 6.54 Å². The third-order valence-corrected chi connectivity index (χ3v) is 1.44. The molecule has 0 saturated carbocycles. The van der Waals surface area contributed by atoms with E-state index in [1.54, 1.807) is 0 Å². The molecule has 2 heteroatoms. The molecule has 1 nitrogen and oxygen atoms in total. The number of hydrogen-bond acceptors (Lipinski definition) is 0. The van der Waals surface area contributed by atoms with Gasteiger partial charge in [0.2, 0.25) is 0 Å². The standard InChI is InChI=1S/C6H14N.U/c1-4-6(2,3)5-7;/h7H,4-5H2,1-3H3;/q-1;. The van der Waals surface area contributed by atoms with E-state index in [0.717, 1.165) is 6.42 Å². The SMILES string of the molecule is CCC(C)(C)C[NH-].[U]. The van der Waals surface area contributed by atoms with Gasteiger partial charge >= 0.3 is 0 Å². The molecule has 0 amide bonds. The molecule has 0 bridgehead atoms. The van der Waals surface area contributed by atoms with Crippen molar-refractivity contribution in [1.29, 1.82) is 0 Å². The van der Waals surface area contributed by atoms with E-state index < -0.39 is 0 Å². The molecule has 0 spiro atoms. The largest absolute Gasteiger partial charge is 0.677 e. The van der Waals surface area contributed by atoms with E-state index >= 15 is 0 Å². The zero-order valence-corrected chi connectivity index (χ0v) is 10.1. The minimum Gasteiger partial charge on any atom is -0.677 e. The number of hydrogen-bond donors (Lipinski definition) is 0. The van der Waals surface area contributed by atoms with Crippen LogP contribution in [0.1, 0.15) is 27.2 Å². The fourth-order valence-electron chi connectivity index (χ4n) is 0.125. The summed E-state index contributed by atoms with van der Waals surface area (Å²) in [5.41, 5.74) is 7.26. The molecule has 0 aromatic carbocycles. The fourth-order valence-corrected chi connectivity index (χ4v) is 0.125. The van der Waals surface area contributed by atoms with Gasteiger partial charge in [-0.25, -0.2) is 0 Å². The van der Waals surface area contributed by atoms with E-state index in [2.05, 4.69) is 20.8 Å². The Morgan fingerprint density at radius 1 is 1.38 bits per heavy atom. The van der Waals surface area contributed by atoms with Crippen LogP contribution in [-0.2, 0) is 0 Å². The van der Waals surface area contributed by atoms with Crippen molar-refractivity contribution in [1.82, 2.24) is 0 Å². The molecule has 0 aliphatic carbocycles. The molecule has 1 N–H and O–H groups in total. The maximum atomic E-state index is 7.01. The monoisotopic (exact) mass is 338 g/mol. The maximum Gasteiger partial charge on any atom is 0 e. The first-order chi connectivity index (χ1) is 3.12. The van der Waals surface area contributed by atoms with Gasteiger partial charge in [0, 0.05) is 31.1 Å². The van der Waals surface area contributed by atoms with Crippen LogP contribution in [0, 0.1) is 36.5 Å². The summed E-state index contributed by atoms with van der Waals surface area (Å²) in [6.45, 7) is 6.89. The first kappa shape index (κ1) is 11.8. The fraction of sp³-hybridized carbons (Fsp3) is 1.00. The van der Waals surface area contributed by atoms with E-state index in [9.17, 15) is 0 Å². The first-order valence-corrected chi connectivity index (χ1v) is 2.77. The van der Waals surface area contributed by atoms with Crippen LogP contribution in [0.2, 0.25) is 0 Å². The summed E-state index contributed by atoms with van der Waals surface area (Å²) >= 11 is 0.